The van der Waals surface area contributed by atoms with E-state index in [1.54, 1.807) is 24.3 Å². The zero-order chi connectivity index (χ0) is 14.5. The lowest BCUT2D eigenvalue weighted by Gasteiger charge is -2.09. The SMILES string of the molecule is CC(C)C(=O)Nc1ccc(CNS(=O)(=O)CCl)cc1. The van der Waals surface area contributed by atoms with Gasteiger partial charge in [0.15, 0.2) is 0 Å². The fourth-order valence-electron chi connectivity index (χ4n) is 1.22. The number of nitrogens with one attached hydrogen (secondary N) is 2. The molecule has 7 heteroatoms. The number of anilines is 1. The van der Waals surface area contributed by atoms with Crippen molar-refractivity contribution in [1.82, 2.24) is 4.72 Å². The first-order chi connectivity index (χ1) is 8.84. The molecule has 0 unspecified atom stereocenters. The summed E-state index contributed by atoms with van der Waals surface area (Å²) in [5.74, 6) is -0.147. The van der Waals surface area contributed by atoms with Gasteiger partial charge in [-0.25, -0.2) is 13.1 Å². The van der Waals surface area contributed by atoms with Gasteiger partial charge in [0, 0.05) is 18.2 Å². The van der Waals surface area contributed by atoms with Crippen LogP contribution in [-0.2, 0) is 21.4 Å². The van der Waals surface area contributed by atoms with Crippen LogP contribution in [-0.4, -0.2) is 19.5 Å². The second-order valence-corrected chi connectivity index (χ2v) is 6.78. The fourth-order valence-corrected chi connectivity index (χ4v) is 1.92. The van der Waals surface area contributed by atoms with Crippen LogP contribution in [0.2, 0.25) is 0 Å². The van der Waals surface area contributed by atoms with Crippen molar-refractivity contribution in [2.45, 2.75) is 20.4 Å². The first-order valence-corrected chi connectivity index (χ1v) is 7.96. The number of rotatable bonds is 6. The van der Waals surface area contributed by atoms with E-state index in [0.717, 1.165) is 5.56 Å². The Hall–Kier alpha value is -1.11. The zero-order valence-electron chi connectivity index (χ0n) is 10.8. The summed E-state index contributed by atoms with van der Waals surface area (Å²) in [4.78, 5) is 11.5. The van der Waals surface area contributed by atoms with Crippen molar-refractivity contribution >= 4 is 33.2 Å². The molecule has 1 aromatic rings. The molecule has 0 spiro atoms. The van der Waals surface area contributed by atoms with Crippen molar-refractivity contribution in [2.24, 2.45) is 5.92 Å². The molecule has 1 amide bonds. The molecule has 0 radical (unpaired) electrons. The molecule has 2 N–H and O–H groups in total. The Morgan fingerprint density at radius 2 is 1.84 bits per heavy atom. The van der Waals surface area contributed by atoms with E-state index in [1.807, 2.05) is 13.8 Å². The van der Waals surface area contributed by atoms with E-state index >= 15 is 0 Å². The van der Waals surface area contributed by atoms with Gasteiger partial charge in [0.1, 0.15) is 5.21 Å². The maximum absolute atomic E-state index is 11.5. The maximum Gasteiger partial charge on any atom is 0.226 e. The summed E-state index contributed by atoms with van der Waals surface area (Å²) in [6.45, 7) is 3.79. The van der Waals surface area contributed by atoms with Gasteiger partial charge in [0.25, 0.3) is 0 Å². The summed E-state index contributed by atoms with van der Waals surface area (Å²) in [5.41, 5.74) is 1.47. The average molecular weight is 305 g/mol. The Labute approximate surface area is 118 Å². The number of hydrogen-bond donors (Lipinski definition) is 2. The lowest BCUT2D eigenvalue weighted by atomic mass is 10.2. The molecule has 0 saturated heterocycles. The topological polar surface area (TPSA) is 75.3 Å². The lowest BCUT2D eigenvalue weighted by Crippen LogP contribution is -2.23. The van der Waals surface area contributed by atoms with Crippen molar-refractivity contribution < 1.29 is 13.2 Å². The highest BCUT2D eigenvalue weighted by atomic mass is 35.5. The first kappa shape index (κ1) is 15.9. The summed E-state index contributed by atoms with van der Waals surface area (Å²) in [5, 5.41) is 2.29. The molecule has 0 heterocycles. The molecule has 5 nitrogen and oxygen atoms in total. The first-order valence-electron chi connectivity index (χ1n) is 5.77. The summed E-state index contributed by atoms with van der Waals surface area (Å²) in [6, 6.07) is 6.94. The Kier molecular flexibility index (Phi) is 5.78. The van der Waals surface area contributed by atoms with Gasteiger partial charge in [-0.2, -0.15) is 0 Å². The minimum Gasteiger partial charge on any atom is -0.326 e. The number of alkyl halides is 1. The standard InChI is InChI=1S/C12H17ClN2O3S/c1-9(2)12(16)15-11-5-3-10(4-6-11)7-14-19(17,18)8-13/h3-6,9,14H,7-8H2,1-2H3,(H,15,16). The third-order valence-electron chi connectivity index (χ3n) is 2.39. The predicted molar refractivity (Wildman–Crippen MR) is 76.4 cm³/mol. The molecule has 1 rings (SSSR count). The Morgan fingerprint density at radius 1 is 1.26 bits per heavy atom. The summed E-state index contributed by atoms with van der Waals surface area (Å²) in [7, 11) is -3.41. The van der Waals surface area contributed by atoms with Crippen LogP contribution in [0.25, 0.3) is 0 Å². The van der Waals surface area contributed by atoms with Crippen molar-refractivity contribution in [1.29, 1.82) is 0 Å². The minimum absolute atomic E-state index is 0.0596. The molecule has 0 aliphatic heterocycles. The van der Waals surface area contributed by atoms with Gasteiger partial charge in [-0.3, -0.25) is 4.79 Å². The van der Waals surface area contributed by atoms with Crippen molar-refractivity contribution in [3.63, 3.8) is 0 Å². The van der Waals surface area contributed by atoms with Gasteiger partial charge in [-0.15, -0.1) is 11.6 Å². The molecule has 106 valence electrons. The Morgan fingerprint density at radius 3 is 2.32 bits per heavy atom. The highest BCUT2D eigenvalue weighted by molar-refractivity contribution is 7.90. The molecule has 0 aromatic heterocycles. The molecule has 0 aliphatic rings. The second-order valence-electron chi connectivity index (χ2n) is 4.39. The molecule has 0 fully saturated rings. The monoisotopic (exact) mass is 304 g/mol. The number of hydrogen-bond acceptors (Lipinski definition) is 3. The van der Waals surface area contributed by atoms with Gasteiger partial charge >= 0.3 is 0 Å². The summed E-state index contributed by atoms with van der Waals surface area (Å²) >= 11 is 5.27. The third-order valence-corrected chi connectivity index (χ3v) is 4.12. The predicted octanol–water partition coefficient (Wildman–Crippen LogP) is 1.90. The zero-order valence-corrected chi connectivity index (χ0v) is 12.4. The van der Waals surface area contributed by atoms with E-state index in [-0.39, 0.29) is 18.4 Å². The highest BCUT2D eigenvalue weighted by Crippen LogP contribution is 2.11. The van der Waals surface area contributed by atoms with Crippen LogP contribution in [0.3, 0.4) is 0 Å². The smallest absolute Gasteiger partial charge is 0.226 e. The van der Waals surface area contributed by atoms with Crippen LogP contribution in [0, 0.1) is 5.92 Å². The molecular weight excluding hydrogens is 288 g/mol. The molecule has 1 aromatic carbocycles. The van der Waals surface area contributed by atoms with Gasteiger partial charge in [0.2, 0.25) is 15.9 Å². The van der Waals surface area contributed by atoms with Gasteiger partial charge in [-0.05, 0) is 17.7 Å². The van der Waals surface area contributed by atoms with Crippen LogP contribution in [0.1, 0.15) is 19.4 Å². The van der Waals surface area contributed by atoms with Crippen LogP contribution >= 0.6 is 11.6 Å². The number of sulfonamides is 1. The van der Waals surface area contributed by atoms with E-state index in [1.165, 1.54) is 0 Å². The van der Waals surface area contributed by atoms with E-state index in [2.05, 4.69) is 10.0 Å². The molecule has 0 saturated carbocycles. The van der Waals surface area contributed by atoms with E-state index < -0.39 is 15.2 Å². The molecule has 19 heavy (non-hydrogen) atoms. The maximum atomic E-state index is 11.5. The molecule has 0 atom stereocenters. The number of carbonyl (C=O) groups excluding carboxylic acids is 1. The Balaban J connectivity index is 2.60. The van der Waals surface area contributed by atoms with E-state index in [9.17, 15) is 13.2 Å². The van der Waals surface area contributed by atoms with Crippen LogP contribution in [0.15, 0.2) is 24.3 Å². The normalized spacial score (nSPS) is 11.6. The Bertz CT molecular complexity index is 526. The average Bonchev–Trinajstić information content (AvgIpc) is 2.38. The van der Waals surface area contributed by atoms with Gasteiger partial charge < -0.3 is 5.32 Å². The second kappa shape index (κ2) is 6.88. The van der Waals surface area contributed by atoms with E-state index in [0.29, 0.717) is 5.69 Å². The number of benzene rings is 1. The quantitative estimate of drug-likeness (QED) is 0.788. The summed E-state index contributed by atoms with van der Waals surface area (Å²) < 4.78 is 24.7. The lowest BCUT2D eigenvalue weighted by molar-refractivity contribution is -0.118. The third kappa shape index (κ3) is 5.59. The fraction of sp³-hybridized carbons (Fsp3) is 0.417. The minimum atomic E-state index is -3.41. The van der Waals surface area contributed by atoms with Crippen molar-refractivity contribution in [3.8, 4) is 0 Å². The largest absolute Gasteiger partial charge is 0.326 e. The molecular formula is C12H17ClN2O3S. The van der Waals surface area contributed by atoms with Crippen molar-refractivity contribution in [2.75, 3.05) is 10.5 Å². The van der Waals surface area contributed by atoms with Gasteiger partial charge in [0.05, 0.1) is 0 Å². The molecule has 0 bridgehead atoms. The van der Waals surface area contributed by atoms with Crippen LogP contribution < -0.4 is 10.0 Å². The summed E-state index contributed by atoms with van der Waals surface area (Å²) in [6.07, 6.45) is 0. The van der Waals surface area contributed by atoms with Crippen molar-refractivity contribution in [3.05, 3.63) is 29.8 Å². The number of amides is 1. The van der Waals surface area contributed by atoms with Gasteiger partial charge in [-0.1, -0.05) is 26.0 Å². The van der Waals surface area contributed by atoms with Crippen LogP contribution in [0.4, 0.5) is 5.69 Å². The molecule has 0 aliphatic carbocycles. The van der Waals surface area contributed by atoms with E-state index in [4.69, 9.17) is 11.6 Å². The number of halogens is 1. The number of carbonyl (C=O) groups is 1. The van der Waals surface area contributed by atoms with Crippen LogP contribution in [0.5, 0.6) is 0 Å². The highest BCUT2D eigenvalue weighted by Gasteiger charge is 2.08.